The van der Waals surface area contributed by atoms with E-state index in [-0.39, 0.29) is 17.5 Å². The van der Waals surface area contributed by atoms with Gasteiger partial charge in [-0.1, -0.05) is 30.3 Å². The Labute approximate surface area is 189 Å². The molecule has 2 atom stereocenters. The third-order valence-corrected chi connectivity index (χ3v) is 6.09. The first-order valence-electron chi connectivity index (χ1n) is 10.7. The van der Waals surface area contributed by atoms with E-state index in [1.165, 1.54) is 19.2 Å². The molecular formula is C25H24F3N3O2. The number of nitrogens with zero attached hydrogens (tertiary/aromatic N) is 2. The average molecular weight is 455 g/mol. The van der Waals surface area contributed by atoms with Gasteiger partial charge in [-0.25, -0.2) is 13.2 Å². The minimum atomic E-state index is -2.88. The van der Waals surface area contributed by atoms with Gasteiger partial charge in [0, 0.05) is 10.9 Å². The monoisotopic (exact) mass is 455 g/mol. The normalized spacial score (nSPS) is 17.0. The van der Waals surface area contributed by atoms with Gasteiger partial charge in [0.2, 0.25) is 0 Å². The van der Waals surface area contributed by atoms with Gasteiger partial charge in [-0.3, -0.25) is 4.79 Å². The molecule has 0 aliphatic heterocycles. The lowest BCUT2D eigenvalue weighted by Gasteiger charge is -2.21. The van der Waals surface area contributed by atoms with Crippen LogP contribution in [0.5, 0.6) is 0 Å². The predicted octanol–water partition coefficient (Wildman–Crippen LogP) is 6.24. The molecule has 172 valence electrons. The zero-order valence-corrected chi connectivity index (χ0v) is 18.3. The van der Waals surface area contributed by atoms with Crippen LogP contribution in [0, 0.1) is 11.7 Å². The van der Waals surface area contributed by atoms with E-state index in [4.69, 9.17) is 4.74 Å². The lowest BCUT2D eigenvalue weighted by molar-refractivity contribution is -0.145. The Bertz CT molecular complexity index is 1210. The van der Waals surface area contributed by atoms with Gasteiger partial charge in [0.05, 0.1) is 42.0 Å². The van der Waals surface area contributed by atoms with Gasteiger partial charge in [-0.05, 0) is 49.5 Å². The van der Waals surface area contributed by atoms with Crippen molar-refractivity contribution in [1.29, 1.82) is 0 Å². The molecule has 1 aromatic heterocycles. The molecule has 0 radical (unpaired) electrons. The van der Waals surface area contributed by atoms with E-state index in [1.807, 2.05) is 18.2 Å². The van der Waals surface area contributed by atoms with Crippen molar-refractivity contribution < 1.29 is 22.7 Å². The highest BCUT2D eigenvalue weighted by Crippen LogP contribution is 2.34. The lowest BCUT2D eigenvalue weighted by atomic mass is 9.86. The first-order chi connectivity index (χ1) is 15.9. The second-order valence-corrected chi connectivity index (χ2v) is 8.13. The van der Waals surface area contributed by atoms with Crippen molar-refractivity contribution in [3.05, 3.63) is 71.2 Å². The van der Waals surface area contributed by atoms with E-state index >= 15 is 0 Å². The first-order valence-corrected chi connectivity index (χ1v) is 10.7. The molecule has 0 saturated carbocycles. The van der Waals surface area contributed by atoms with Crippen LogP contribution in [0.4, 0.5) is 18.9 Å². The third kappa shape index (κ3) is 4.69. The standard InChI is InChI=1S/C25H24F3N3O2/c1-14(18-4-3-5-19(23(18)26)24(27)28)30-22-13-29-31-21-11-10-17(12-20(21)22)15-6-8-16(9-7-15)25(32)33-2/h3-6,10-14,16,24H,7-9H2,1-2H3,(H,30,31)/t14-,16?/m1/s1. The fourth-order valence-electron chi connectivity index (χ4n) is 4.23. The second-order valence-electron chi connectivity index (χ2n) is 8.13. The Balaban J connectivity index is 1.63. The minimum Gasteiger partial charge on any atom is -0.469 e. The fourth-order valence-corrected chi connectivity index (χ4v) is 4.23. The van der Waals surface area contributed by atoms with Crippen molar-refractivity contribution in [3.63, 3.8) is 0 Å². The number of ether oxygens (including phenoxy) is 1. The van der Waals surface area contributed by atoms with Crippen LogP contribution in [0.15, 0.2) is 48.7 Å². The van der Waals surface area contributed by atoms with Crippen molar-refractivity contribution in [1.82, 2.24) is 10.2 Å². The van der Waals surface area contributed by atoms with Gasteiger partial charge >= 0.3 is 5.97 Å². The maximum Gasteiger partial charge on any atom is 0.308 e. The lowest BCUT2D eigenvalue weighted by Crippen LogP contribution is -2.18. The Morgan fingerprint density at radius 1 is 1.21 bits per heavy atom. The molecule has 0 bridgehead atoms. The Morgan fingerprint density at radius 3 is 2.70 bits per heavy atom. The smallest absolute Gasteiger partial charge is 0.308 e. The molecule has 0 saturated heterocycles. The summed E-state index contributed by atoms with van der Waals surface area (Å²) in [5, 5.41) is 12.2. The number of benzene rings is 2. The number of aromatic nitrogens is 2. The van der Waals surface area contributed by atoms with Gasteiger partial charge in [-0.2, -0.15) is 10.2 Å². The number of halogens is 3. The van der Waals surface area contributed by atoms with Crippen LogP contribution < -0.4 is 5.32 Å². The molecule has 3 aromatic rings. The van der Waals surface area contributed by atoms with Crippen LogP contribution in [-0.2, 0) is 9.53 Å². The van der Waals surface area contributed by atoms with Gasteiger partial charge in [0.15, 0.2) is 0 Å². The second kappa shape index (κ2) is 9.60. The number of alkyl halides is 2. The summed E-state index contributed by atoms with van der Waals surface area (Å²) >= 11 is 0. The summed E-state index contributed by atoms with van der Waals surface area (Å²) in [6, 6.07) is 9.24. The summed E-state index contributed by atoms with van der Waals surface area (Å²) in [4.78, 5) is 11.8. The Kier molecular flexibility index (Phi) is 6.62. The van der Waals surface area contributed by atoms with Crippen LogP contribution in [0.3, 0.4) is 0 Å². The summed E-state index contributed by atoms with van der Waals surface area (Å²) in [5.74, 6) is -1.23. The molecule has 1 N–H and O–H groups in total. The number of hydrogen-bond donors (Lipinski definition) is 1. The van der Waals surface area contributed by atoms with Gasteiger partial charge in [-0.15, -0.1) is 0 Å². The molecule has 5 nitrogen and oxygen atoms in total. The van der Waals surface area contributed by atoms with E-state index in [2.05, 4.69) is 21.6 Å². The number of anilines is 1. The number of hydrogen-bond acceptors (Lipinski definition) is 5. The van der Waals surface area contributed by atoms with Crippen molar-refractivity contribution >= 4 is 28.1 Å². The number of fused-ring (bicyclic) bond motifs is 1. The van der Waals surface area contributed by atoms with E-state index < -0.39 is 23.8 Å². The SMILES string of the molecule is COC(=O)C1CC=C(c2ccc3nncc(N[C@H](C)c4cccc(C(F)F)c4F)c3c2)CC1. The van der Waals surface area contributed by atoms with Gasteiger partial charge in [0.25, 0.3) is 6.43 Å². The number of allylic oxidation sites excluding steroid dienone is 2. The minimum absolute atomic E-state index is 0.123. The topological polar surface area (TPSA) is 64.1 Å². The van der Waals surface area contributed by atoms with Crippen molar-refractivity contribution in [2.24, 2.45) is 5.92 Å². The fraction of sp³-hybridized carbons (Fsp3) is 0.320. The van der Waals surface area contributed by atoms with Crippen molar-refractivity contribution in [2.75, 3.05) is 12.4 Å². The number of nitrogens with one attached hydrogen (secondary N) is 1. The molecule has 8 heteroatoms. The number of carbonyl (C=O) groups is 1. The summed E-state index contributed by atoms with van der Waals surface area (Å²) in [7, 11) is 1.40. The van der Waals surface area contributed by atoms with E-state index in [0.717, 1.165) is 29.0 Å². The average Bonchev–Trinajstić information content (AvgIpc) is 2.83. The number of methoxy groups -OCH3 is 1. The summed E-state index contributed by atoms with van der Waals surface area (Å²) in [6.07, 6.45) is 2.80. The van der Waals surface area contributed by atoms with Gasteiger partial charge < -0.3 is 10.1 Å². The Morgan fingerprint density at radius 2 is 2.00 bits per heavy atom. The van der Waals surface area contributed by atoms with Crippen LogP contribution in [0.25, 0.3) is 16.5 Å². The largest absolute Gasteiger partial charge is 0.469 e. The molecule has 2 aromatic carbocycles. The highest BCUT2D eigenvalue weighted by Gasteiger charge is 2.23. The molecule has 1 heterocycles. The zero-order chi connectivity index (χ0) is 23.5. The van der Waals surface area contributed by atoms with Crippen molar-refractivity contribution in [3.8, 4) is 0 Å². The predicted molar refractivity (Wildman–Crippen MR) is 120 cm³/mol. The van der Waals surface area contributed by atoms with E-state index in [1.54, 1.807) is 13.1 Å². The van der Waals surface area contributed by atoms with Crippen LogP contribution >= 0.6 is 0 Å². The Hall–Kier alpha value is -3.42. The molecular weight excluding hydrogens is 431 g/mol. The quantitative estimate of drug-likeness (QED) is 0.446. The highest BCUT2D eigenvalue weighted by atomic mass is 19.3. The molecule has 33 heavy (non-hydrogen) atoms. The number of rotatable bonds is 6. The molecule has 4 rings (SSSR count). The molecule has 0 amide bonds. The summed E-state index contributed by atoms with van der Waals surface area (Å²) < 4.78 is 45.7. The van der Waals surface area contributed by atoms with Crippen LogP contribution in [0.1, 0.15) is 55.3 Å². The highest BCUT2D eigenvalue weighted by molar-refractivity contribution is 5.93. The third-order valence-electron chi connectivity index (χ3n) is 6.09. The van der Waals surface area contributed by atoms with Crippen molar-refractivity contribution in [2.45, 2.75) is 38.7 Å². The molecule has 0 fully saturated rings. The molecule has 1 aliphatic rings. The molecule has 1 unspecified atom stereocenters. The number of carbonyl (C=O) groups excluding carboxylic acids is 1. The van der Waals surface area contributed by atoms with E-state index in [9.17, 15) is 18.0 Å². The van der Waals surface area contributed by atoms with E-state index in [0.29, 0.717) is 24.0 Å². The summed E-state index contributed by atoms with van der Waals surface area (Å²) in [6.45, 7) is 1.71. The molecule has 1 aliphatic carbocycles. The number of esters is 1. The first kappa shape index (κ1) is 22.8. The van der Waals surface area contributed by atoms with Crippen LogP contribution in [0.2, 0.25) is 0 Å². The maximum atomic E-state index is 14.6. The maximum absolute atomic E-state index is 14.6. The zero-order valence-electron chi connectivity index (χ0n) is 18.3. The summed E-state index contributed by atoms with van der Waals surface area (Å²) in [5.41, 5.74) is 2.94. The van der Waals surface area contributed by atoms with Gasteiger partial charge in [0.1, 0.15) is 5.82 Å². The van der Waals surface area contributed by atoms with Crippen LogP contribution in [-0.4, -0.2) is 23.3 Å². The molecule has 0 spiro atoms.